The molecule has 0 amide bonds. The molecule has 1 atom stereocenters. The fraction of sp³-hybridized carbons (Fsp3) is 0.538. The van der Waals surface area contributed by atoms with Gasteiger partial charge in [-0.15, -0.1) is 0 Å². The third kappa shape index (κ3) is 4.73. The first kappa shape index (κ1) is 13.1. The van der Waals surface area contributed by atoms with Crippen LogP contribution in [-0.2, 0) is 11.2 Å². The van der Waals surface area contributed by atoms with E-state index in [1.165, 1.54) is 6.07 Å². The van der Waals surface area contributed by atoms with Crippen molar-refractivity contribution in [3.05, 3.63) is 35.6 Å². The van der Waals surface area contributed by atoms with E-state index in [0.29, 0.717) is 25.0 Å². The van der Waals surface area contributed by atoms with Crippen molar-refractivity contribution in [2.75, 3.05) is 6.61 Å². The minimum Gasteiger partial charge on any atom is -0.393 e. The van der Waals surface area contributed by atoms with E-state index in [-0.39, 0.29) is 11.9 Å². The molecule has 1 aromatic rings. The van der Waals surface area contributed by atoms with E-state index in [1.807, 2.05) is 13.8 Å². The van der Waals surface area contributed by atoms with E-state index in [9.17, 15) is 9.50 Å². The summed E-state index contributed by atoms with van der Waals surface area (Å²) in [5.74, 6) is -0.258. The maximum absolute atomic E-state index is 13.3. The fourth-order valence-corrected chi connectivity index (χ4v) is 1.46. The molecule has 0 radical (unpaired) electrons. The summed E-state index contributed by atoms with van der Waals surface area (Å²) in [6.45, 7) is 4.40. The van der Waals surface area contributed by atoms with E-state index < -0.39 is 6.10 Å². The van der Waals surface area contributed by atoms with Gasteiger partial charge >= 0.3 is 0 Å². The summed E-state index contributed by atoms with van der Waals surface area (Å²) >= 11 is 0. The van der Waals surface area contributed by atoms with Gasteiger partial charge in [0, 0.05) is 13.0 Å². The highest BCUT2D eigenvalue weighted by Crippen LogP contribution is 2.10. The third-order valence-electron chi connectivity index (χ3n) is 2.32. The van der Waals surface area contributed by atoms with Crippen molar-refractivity contribution in [1.29, 1.82) is 0 Å². The molecular formula is C13H19FO2. The molecule has 1 unspecified atom stereocenters. The van der Waals surface area contributed by atoms with Crippen molar-refractivity contribution in [2.45, 2.75) is 38.9 Å². The Morgan fingerprint density at radius 3 is 2.62 bits per heavy atom. The van der Waals surface area contributed by atoms with Crippen LogP contribution < -0.4 is 0 Å². The smallest absolute Gasteiger partial charge is 0.126 e. The topological polar surface area (TPSA) is 29.5 Å². The molecule has 0 spiro atoms. The van der Waals surface area contributed by atoms with Crippen LogP contribution in [0.2, 0.25) is 0 Å². The molecule has 1 aromatic carbocycles. The van der Waals surface area contributed by atoms with Crippen molar-refractivity contribution in [3.63, 3.8) is 0 Å². The van der Waals surface area contributed by atoms with Crippen LogP contribution in [-0.4, -0.2) is 23.9 Å². The minimum atomic E-state index is -0.546. The molecule has 0 saturated carbocycles. The number of aliphatic hydroxyl groups excluding tert-OH is 1. The Bertz CT molecular complexity index is 313. The normalized spacial score (nSPS) is 13.1. The Balaban J connectivity index is 2.34. The van der Waals surface area contributed by atoms with Gasteiger partial charge in [-0.1, -0.05) is 18.2 Å². The highest BCUT2D eigenvalue weighted by molar-refractivity contribution is 5.17. The van der Waals surface area contributed by atoms with Gasteiger partial charge in [-0.05, 0) is 31.9 Å². The lowest BCUT2D eigenvalue weighted by Crippen LogP contribution is -2.16. The van der Waals surface area contributed by atoms with Gasteiger partial charge in [-0.2, -0.15) is 0 Å². The lowest BCUT2D eigenvalue weighted by molar-refractivity contribution is 0.0468. The van der Waals surface area contributed by atoms with Crippen LogP contribution in [0, 0.1) is 5.82 Å². The van der Waals surface area contributed by atoms with Crippen LogP contribution in [0.5, 0.6) is 0 Å². The zero-order valence-corrected chi connectivity index (χ0v) is 9.82. The first-order valence-corrected chi connectivity index (χ1v) is 5.62. The SMILES string of the molecule is CC(C)OCCC(O)Cc1ccccc1F. The molecule has 3 heteroatoms. The van der Waals surface area contributed by atoms with Crippen molar-refractivity contribution < 1.29 is 14.2 Å². The minimum absolute atomic E-state index is 0.167. The molecule has 0 heterocycles. The molecule has 16 heavy (non-hydrogen) atoms. The molecule has 1 rings (SSSR count). The summed E-state index contributed by atoms with van der Waals surface area (Å²) in [4.78, 5) is 0. The number of halogens is 1. The van der Waals surface area contributed by atoms with Crippen LogP contribution in [0.1, 0.15) is 25.8 Å². The fourth-order valence-electron chi connectivity index (χ4n) is 1.46. The Hall–Kier alpha value is -0.930. The van der Waals surface area contributed by atoms with Crippen molar-refractivity contribution >= 4 is 0 Å². The van der Waals surface area contributed by atoms with Crippen LogP contribution in [0.25, 0.3) is 0 Å². The van der Waals surface area contributed by atoms with E-state index in [1.54, 1.807) is 18.2 Å². The van der Waals surface area contributed by atoms with Gasteiger partial charge in [-0.3, -0.25) is 0 Å². The number of benzene rings is 1. The van der Waals surface area contributed by atoms with Gasteiger partial charge in [0.25, 0.3) is 0 Å². The second-order valence-corrected chi connectivity index (χ2v) is 4.16. The zero-order valence-electron chi connectivity index (χ0n) is 9.82. The van der Waals surface area contributed by atoms with Crippen molar-refractivity contribution in [3.8, 4) is 0 Å². The Morgan fingerprint density at radius 2 is 2.00 bits per heavy atom. The van der Waals surface area contributed by atoms with Crippen LogP contribution in [0.4, 0.5) is 4.39 Å². The molecule has 0 aliphatic carbocycles. The second-order valence-electron chi connectivity index (χ2n) is 4.16. The van der Waals surface area contributed by atoms with E-state index in [0.717, 1.165) is 0 Å². The van der Waals surface area contributed by atoms with Gasteiger partial charge in [0.05, 0.1) is 12.2 Å². The standard InChI is InChI=1S/C13H19FO2/c1-10(2)16-8-7-12(15)9-11-5-3-4-6-13(11)14/h3-6,10,12,15H,7-9H2,1-2H3. The Labute approximate surface area is 96.1 Å². The number of aliphatic hydroxyl groups is 1. The predicted octanol–water partition coefficient (Wildman–Crippen LogP) is 2.54. The van der Waals surface area contributed by atoms with Crippen molar-refractivity contribution in [2.24, 2.45) is 0 Å². The lowest BCUT2D eigenvalue weighted by Gasteiger charge is -2.12. The van der Waals surface area contributed by atoms with Crippen LogP contribution in [0.3, 0.4) is 0 Å². The van der Waals surface area contributed by atoms with Gasteiger partial charge in [0.15, 0.2) is 0 Å². The number of rotatable bonds is 6. The maximum Gasteiger partial charge on any atom is 0.126 e. The molecular weight excluding hydrogens is 207 g/mol. The van der Waals surface area contributed by atoms with E-state index in [2.05, 4.69) is 0 Å². The van der Waals surface area contributed by atoms with Gasteiger partial charge in [0.1, 0.15) is 5.82 Å². The molecule has 0 aliphatic rings. The first-order chi connectivity index (χ1) is 7.59. The second kappa shape index (κ2) is 6.61. The number of hydrogen-bond acceptors (Lipinski definition) is 2. The monoisotopic (exact) mass is 226 g/mol. The lowest BCUT2D eigenvalue weighted by atomic mass is 10.1. The largest absolute Gasteiger partial charge is 0.393 e. The van der Waals surface area contributed by atoms with Gasteiger partial charge in [0.2, 0.25) is 0 Å². The number of ether oxygens (including phenoxy) is 1. The molecule has 0 aromatic heterocycles. The highest BCUT2D eigenvalue weighted by Gasteiger charge is 2.09. The summed E-state index contributed by atoms with van der Waals surface area (Å²) in [6, 6.07) is 6.53. The Kier molecular flexibility index (Phi) is 5.43. The zero-order chi connectivity index (χ0) is 12.0. The molecule has 1 N–H and O–H groups in total. The molecule has 0 bridgehead atoms. The van der Waals surface area contributed by atoms with Gasteiger partial charge < -0.3 is 9.84 Å². The van der Waals surface area contributed by atoms with Crippen LogP contribution >= 0.6 is 0 Å². The molecule has 0 saturated heterocycles. The maximum atomic E-state index is 13.3. The van der Waals surface area contributed by atoms with Gasteiger partial charge in [-0.25, -0.2) is 4.39 Å². The molecule has 2 nitrogen and oxygen atoms in total. The molecule has 90 valence electrons. The first-order valence-electron chi connectivity index (χ1n) is 5.62. The summed E-state index contributed by atoms with van der Waals surface area (Å²) in [5, 5.41) is 9.69. The van der Waals surface area contributed by atoms with E-state index >= 15 is 0 Å². The third-order valence-corrected chi connectivity index (χ3v) is 2.32. The summed E-state index contributed by atoms with van der Waals surface area (Å²) < 4.78 is 18.6. The molecule has 0 fully saturated rings. The van der Waals surface area contributed by atoms with Crippen LogP contribution in [0.15, 0.2) is 24.3 Å². The average molecular weight is 226 g/mol. The quantitative estimate of drug-likeness (QED) is 0.807. The average Bonchev–Trinajstić information content (AvgIpc) is 2.21. The summed E-state index contributed by atoms with van der Waals surface area (Å²) in [5.41, 5.74) is 0.555. The molecule has 0 aliphatic heterocycles. The van der Waals surface area contributed by atoms with E-state index in [4.69, 9.17) is 4.74 Å². The summed E-state index contributed by atoms with van der Waals surface area (Å²) in [7, 11) is 0. The Morgan fingerprint density at radius 1 is 1.31 bits per heavy atom. The summed E-state index contributed by atoms with van der Waals surface area (Å²) in [6.07, 6.45) is 0.497. The van der Waals surface area contributed by atoms with Crippen molar-refractivity contribution in [1.82, 2.24) is 0 Å². The highest BCUT2D eigenvalue weighted by atomic mass is 19.1. The number of hydrogen-bond donors (Lipinski definition) is 1. The predicted molar refractivity (Wildman–Crippen MR) is 61.8 cm³/mol.